The summed E-state index contributed by atoms with van der Waals surface area (Å²) in [7, 11) is 0. The third kappa shape index (κ3) is 5.32. The van der Waals surface area contributed by atoms with E-state index in [1.807, 2.05) is 18.2 Å². The van der Waals surface area contributed by atoms with Gasteiger partial charge in [0.05, 0.1) is 11.9 Å². The van der Waals surface area contributed by atoms with Crippen molar-refractivity contribution >= 4 is 23.5 Å². The molecule has 5 heteroatoms. The molecule has 0 unspecified atom stereocenters. The number of carbonyl (C=O) groups is 1. The summed E-state index contributed by atoms with van der Waals surface area (Å²) in [5.74, 6) is 0.983. The van der Waals surface area contributed by atoms with E-state index in [1.165, 1.54) is 4.90 Å². The van der Waals surface area contributed by atoms with Crippen LogP contribution in [0.1, 0.15) is 6.42 Å². The second-order valence-electron chi connectivity index (χ2n) is 4.14. The van der Waals surface area contributed by atoms with Crippen LogP contribution in [0.2, 0.25) is 0 Å². The van der Waals surface area contributed by atoms with Crippen molar-refractivity contribution in [3.63, 3.8) is 0 Å². The van der Waals surface area contributed by atoms with Crippen LogP contribution in [-0.4, -0.2) is 23.3 Å². The summed E-state index contributed by atoms with van der Waals surface area (Å²) in [5, 5.41) is 5.56. The lowest BCUT2D eigenvalue weighted by molar-refractivity contribution is 0.252. The summed E-state index contributed by atoms with van der Waals surface area (Å²) >= 11 is 1.79. The smallest absolute Gasteiger partial charge is 0.319 e. The number of carbonyl (C=O) groups excluding carboxylic acids is 1. The van der Waals surface area contributed by atoms with Gasteiger partial charge in [0.15, 0.2) is 0 Å². The monoisotopic (exact) mass is 287 g/mol. The van der Waals surface area contributed by atoms with Crippen molar-refractivity contribution in [3.05, 3.63) is 54.9 Å². The Kier molecular flexibility index (Phi) is 5.92. The summed E-state index contributed by atoms with van der Waals surface area (Å²) in [4.78, 5) is 16.8. The highest BCUT2D eigenvalue weighted by Gasteiger charge is 2.00. The summed E-state index contributed by atoms with van der Waals surface area (Å²) in [6, 6.07) is 13.6. The van der Waals surface area contributed by atoms with Crippen molar-refractivity contribution in [3.8, 4) is 0 Å². The SMILES string of the molecule is O=C(NCCCSc1ccccc1)Nc1cccnc1. The van der Waals surface area contributed by atoms with Crippen LogP contribution in [-0.2, 0) is 0 Å². The number of aromatic nitrogens is 1. The topological polar surface area (TPSA) is 54.0 Å². The molecule has 2 aromatic rings. The molecular weight excluding hydrogens is 270 g/mol. The molecule has 0 saturated heterocycles. The normalized spacial score (nSPS) is 10.0. The molecule has 2 N–H and O–H groups in total. The molecule has 0 aliphatic heterocycles. The molecule has 1 heterocycles. The van der Waals surface area contributed by atoms with Crippen LogP contribution < -0.4 is 10.6 Å². The van der Waals surface area contributed by atoms with Crippen LogP contribution in [0.5, 0.6) is 0 Å². The lowest BCUT2D eigenvalue weighted by atomic mass is 10.4. The Labute approximate surface area is 123 Å². The molecule has 20 heavy (non-hydrogen) atoms. The molecule has 0 bridgehead atoms. The number of urea groups is 1. The molecule has 0 saturated carbocycles. The summed E-state index contributed by atoms with van der Waals surface area (Å²) in [5.41, 5.74) is 0.698. The van der Waals surface area contributed by atoms with Gasteiger partial charge in [-0.05, 0) is 36.4 Å². The second-order valence-corrected chi connectivity index (χ2v) is 5.31. The van der Waals surface area contributed by atoms with Gasteiger partial charge >= 0.3 is 6.03 Å². The zero-order valence-corrected chi connectivity index (χ0v) is 11.9. The van der Waals surface area contributed by atoms with Gasteiger partial charge in [0, 0.05) is 17.6 Å². The highest BCUT2D eigenvalue weighted by atomic mass is 32.2. The van der Waals surface area contributed by atoms with E-state index in [0.717, 1.165) is 12.2 Å². The molecule has 0 radical (unpaired) electrons. The Balaban J connectivity index is 1.58. The van der Waals surface area contributed by atoms with Crippen molar-refractivity contribution in [2.45, 2.75) is 11.3 Å². The van der Waals surface area contributed by atoms with Crippen LogP contribution in [0.4, 0.5) is 10.5 Å². The minimum atomic E-state index is -0.192. The first-order valence-corrected chi connectivity index (χ1v) is 7.46. The third-order valence-corrected chi connectivity index (χ3v) is 3.64. The molecule has 1 aromatic heterocycles. The van der Waals surface area contributed by atoms with Gasteiger partial charge in [-0.15, -0.1) is 11.8 Å². The molecule has 0 aliphatic carbocycles. The second kappa shape index (κ2) is 8.22. The van der Waals surface area contributed by atoms with Crippen molar-refractivity contribution in [2.75, 3.05) is 17.6 Å². The average molecular weight is 287 g/mol. The number of pyridine rings is 1. The molecule has 0 aliphatic rings. The maximum atomic E-state index is 11.6. The van der Waals surface area contributed by atoms with E-state index in [9.17, 15) is 4.79 Å². The molecule has 2 amide bonds. The fraction of sp³-hybridized carbons (Fsp3) is 0.200. The van der Waals surface area contributed by atoms with Crippen molar-refractivity contribution in [1.29, 1.82) is 0 Å². The van der Waals surface area contributed by atoms with E-state index in [4.69, 9.17) is 0 Å². The molecule has 0 fully saturated rings. The predicted molar refractivity (Wildman–Crippen MR) is 83.0 cm³/mol. The standard InChI is InChI=1S/C15H17N3OS/c19-15(18-13-6-4-9-16-12-13)17-10-5-11-20-14-7-2-1-3-8-14/h1-4,6-9,12H,5,10-11H2,(H2,17,18,19). The van der Waals surface area contributed by atoms with Crippen LogP contribution in [0.25, 0.3) is 0 Å². The number of rotatable bonds is 6. The molecule has 2 rings (SSSR count). The first-order chi connectivity index (χ1) is 9.84. The Morgan fingerprint density at radius 3 is 2.75 bits per heavy atom. The van der Waals surface area contributed by atoms with Crippen LogP contribution >= 0.6 is 11.8 Å². The number of anilines is 1. The van der Waals surface area contributed by atoms with E-state index >= 15 is 0 Å². The molecule has 0 atom stereocenters. The number of thioether (sulfide) groups is 1. The number of hydrogen-bond donors (Lipinski definition) is 2. The maximum Gasteiger partial charge on any atom is 0.319 e. The number of amides is 2. The molecule has 4 nitrogen and oxygen atoms in total. The van der Waals surface area contributed by atoms with Crippen molar-refractivity contribution in [2.24, 2.45) is 0 Å². The minimum Gasteiger partial charge on any atom is -0.338 e. The molecule has 0 spiro atoms. The molecule has 104 valence electrons. The van der Waals surface area contributed by atoms with Crippen LogP contribution in [0, 0.1) is 0 Å². The Hall–Kier alpha value is -2.01. The summed E-state index contributed by atoms with van der Waals surface area (Å²) in [6.45, 7) is 0.659. The zero-order valence-electron chi connectivity index (χ0n) is 11.1. The lowest BCUT2D eigenvalue weighted by Crippen LogP contribution is -2.29. The zero-order chi connectivity index (χ0) is 14.0. The van der Waals surface area contributed by atoms with Crippen molar-refractivity contribution in [1.82, 2.24) is 10.3 Å². The lowest BCUT2D eigenvalue weighted by Gasteiger charge is -2.07. The van der Waals surface area contributed by atoms with Gasteiger partial charge in [0.1, 0.15) is 0 Å². The fourth-order valence-electron chi connectivity index (χ4n) is 1.59. The number of hydrogen-bond acceptors (Lipinski definition) is 3. The Morgan fingerprint density at radius 2 is 2.00 bits per heavy atom. The average Bonchev–Trinajstić information content (AvgIpc) is 2.49. The van der Waals surface area contributed by atoms with E-state index in [1.54, 1.807) is 36.3 Å². The number of nitrogens with one attached hydrogen (secondary N) is 2. The maximum absolute atomic E-state index is 11.6. The van der Waals surface area contributed by atoms with Gasteiger partial charge < -0.3 is 10.6 Å². The van der Waals surface area contributed by atoms with Gasteiger partial charge in [0.25, 0.3) is 0 Å². The van der Waals surface area contributed by atoms with E-state index in [2.05, 4.69) is 27.8 Å². The van der Waals surface area contributed by atoms with Gasteiger partial charge in [-0.2, -0.15) is 0 Å². The quantitative estimate of drug-likeness (QED) is 0.632. The third-order valence-electron chi connectivity index (χ3n) is 2.54. The molecule has 1 aromatic carbocycles. The highest BCUT2D eigenvalue weighted by Crippen LogP contribution is 2.17. The Bertz CT molecular complexity index is 519. The fourth-order valence-corrected chi connectivity index (χ4v) is 2.47. The van der Waals surface area contributed by atoms with Gasteiger partial charge in [-0.3, -0.25) is 4.98 Å². The summed E-state index contributed by atoms with van der Waals surface area (Å²) < 4.78 is 0. The van der Waals surface area contributed by atoms with Crippen molar-refractivity contribution < 1.29 is 4.79 Å². The van der Waals surface area contributed by atoms with Crippen LogP contribution in [0.15, 0.2) is 59.8 Å². The first kappa shape index (κ1) is 14.4. The van der Waals surface area contributed by atoms with Gasteiger partial charge in [0.2, 0.25) is 0 Å². The predicted octanol–water partition coefficient (Wildman–Crippen LogP) is 3.39. The van der Waals surface area contributed by atoms with Gasteiger partial charge in [-0.1, -0.05) is 18.2 Å². The number of benzene rings is 1. The minimum absolute atomic E-state index is 0.192. The highest BCUT2D eigenvalue weighted by molar-refractivity contribution is 7.99. The van der Waals surface area contributed by atoms with Crippen LogP contribution in [0.3, 0.4) is 0 Å². The Morgan fingerprint density at radius 1 is 1.15 bits per heavy atom. The molecular formula is C15H17N3OS. The van der Waals surface area contributed by atoms with E-state index in [0.29, 0.717) is 12.2 Å². The summed E-state index contributed by atoms with van der Waals surface area (Å²) in [6.07, 6.45) is 4.22. The largest absolute Gasteiger partial charge is 0.338 e. The van der Waals surface area contributed by atoms with E-state index in [-0.39, 0.29) is 6.03 Å². The number of nitrogens with zero attached hydrogens (tertiary/aromatic N) is 1. The van der Waals surface area contributed by atoms with Gasteiger partial charge in [-0.25, -0.2) is 4.79 Å². The van der Waals surface area contributed by atoms with E-state index < -0.39 is 0 Å². The first-order valence-electron chi connectivity index (χ1n) is 6.47.